The molecule has 1 aliphatic carbocycles. The van der Waals surface area contributed by atoms with Crippen LogP contribution in [0.5, 0.6) is 0 Å². The zero-order valence-corrected chi connectivity index (χ0v) is 13.9. The lowest BCUT2D eigenvalue weighted by Gasteiger charge is -2.23. The van der Waals surface area contributed by atoms with E-state index in [2.05, 4.69) is 20.7 Å². The number of aromatic nitrogens is 4. The smallest absolute Gasteiger partial charge is 0.226 e. The van der Waals surface area contributed by atoms with E-state index in [1.165, 1.54) is 32.1 Å². The Morgan fingerprint density at radius 3 is 2.62 bits per heavy atom. The van der Waals surface area contributed by atoms with Crippen LogP contribution in [0.2, 0.25) is 0 Å². The maximum absolute atomic E-state index is 4.72. The van der Waals surface area contributed by atoms with Crippen molar-refractivity contribution in [3.05, 3.63) is 36.5 Å². The molecular formula is C18H22N6. The van der Waals surface area contributed by atoms with Gasteiger partial charge in [-0.05, 0) is 25.0 Å². The second-order valence-electron chi connectivity index (χ2n) is 6.37. The summed E-state index contributed by atoms with van der Waals surface area (Å²) >= 11 is 0. The van der Waals surface area contributed by atoms with Gasteiger partial charge in [0.15, 0.2) is 5.65 Å². The second kappa shape index (κ2) is 6.47. The Balaban J connectivity index is 1.68. The normalized spacial score (nSPS) is 15.5. The predicted octanol–water partition coefficient (Wildman–Crippen LogP) is 3.85. The molecule has 2 aromatic heterocycles. The number of hydrogen-bond donors (Lipinski definition) is 2. The van der Waals surface area contributed by atoms with E-state index in [0.717, 1.165) is 22.5 Å². The van der Waals surface area contributed by atoms with Crippen LogP contribution in [-0.2, 0) is 7.05 Å². The molecule has 0 saturated heterocycles. The minimum absolute atomic E-state index is 0.467. The van der Waals surface area contributed by atoms with Crippen molar-refractivity contribution >= 4 is 28.5 Å². The molecule has 0 bridgehead atoms. The fourth-order valence-corrected chi connectivity index (χ4v) is 3.27. The molecule has 0 spiro atoms. The molecular weight excluding hydrogens is 300 g/mol. The number of nitrogens with one attached hydrogen (secondary N) is 2. The largest absolute Gasteiger partial charge is 0.351 e. The first-order valence-electron chi connectivity index (χ1n) is 8.58. The van der Waals surface area contributed by atoms with Gasteiger partial charge >= 0.3 is 0 Å². The Morgan fingerprint density at radius 1 is 1.04 bits per heavy atom. The average molecular weight is 322 g/mol. The lowest BCUT2D eigenvalue weighted by atomic mass is 9.96. The Kier molecular flexibility index (Phi) is 4.02. The van der Waals surface area contributed by atoms with Gasteiger partial charge in [0, 0.05) is 18.8 Å². The third-order valence-electron chi connectivity index (χ3n) is 4.57. The summed E-state index contributed by atoms with van der Waals surface area (Å²) in [5.74, 6) is 1.47. The van der Waals surface area contributed by atoms with Gasteiger partial charge in [-0.15, -0.1) is 0 Å². The molecule has 0 amide bonds. The quantitative estimate of drug-likeness (QED) is 0.763. The Labute approximate surface area is 141 Å². The molecule has 1 aromatic carbocycles. The SMILES string of the molecule is Cn1ncc2c(Nc3ccccc3)nc(NC3CCCCC3)nc21. The highest BCUT2D eigenvalue weighted by Gasteiger charge is 2.17. The van der Waals surface area contributed by atoms with Crippen LogP contribution in [0.3, 0.4) is 0 Å². The molecule has 4 rings (SSSR count). The summed E-state index contributed by atoms with van der Waals surface area (Å²) in [6.07, 6.45) is 8.08. The maximum Gasteiger partial charge on any atom is 0.226 e. The molecule has 1 fully saturated rings. The highest BCUT2D eigenvalue weighted by atomic mass is 15.3. The highest BCUT2D eigenvalue weighted by molar-refractivity contribution is 5.89. The first kappa shape index (κ1) is 14.9. The summed E-state index contributed by atoms with van der Waals surface area (Å²) < 4.78 is 1.79. The van der Waals surface area contributed by atoms with Crippen molar-refractivity contribution < 1.29 is 0 Å². The van der Waals surface area contributed by atoms with Crippen LogP contribution in [0, 0.1) is 0 Å². The number of para-hydroxylation sites is 1. The average Bonchev–Trinajstić information content (AvgIpc) is 2.98. The fraction of sp³-hybridized carbons (Fsp3) is 0.389. The summed E-state index contributed by atoms with van der Waals surface area (Å²) in [6, 6.07) is 10.5. The van der Waals surface area contributed by atoms with E-state index in [-0.39, 0.29) is 0 Å². The van der Waals surface area contributed by atoms with E-state index >= 15 is 0 Å². The van der Waals surface area contributed by atoms with Crippen LogP contribution in [0.4, 0.5) is 17.5 Å². The molecule has 1 aliphatic rings. The van der Waals surface area contributed by atoms with Crippen LogP contribution in [-0.4, -0.2) is 25.8 Å². The van der Waals surface area contributed by atoms with E-state index in [1.54, 1.807) is 4.68 Å². The minimum atomic E-state index is 0.467. The van der Waals surface area contributed by atoms with Crippen molar-refractivity contribution in [1.82, 2.24) is 19.7 Å². The van der Waals surface area contributed by atoms with Crippen molar-refractivity contribution in [2.24, 2.45) is 7.05 Å². The highest BCUT2D eigenvalue weighted by Crippen LogP contribution is 2.26. The fourth-order valence-electron chi connectivity index (χ4n) is 3.27. The van der Waals surface area contributed by atoms with Crippen LogP contribution in [0.25, 0.3) is 11.0 Å². The molecule has 0 unspecified atom stereocenters. The molecule has 0 radical (unpaired) electrons. The maximum atomic E-state index is 4.72. The van der Waals surface area contributed by atoms with E-state index in [4.69, 9.17) is 4.98 Å². The molecule has 0 atom stereocenters. The van der Waals surface area contributed by atoms with E-state index in [0.29, 0.717) is 12.0 Å². The lowest BCUT2D eigenvalue weighted by Crippen LogP contribution is -2.23. The van der Waals surface area contributed by atoms with Crippen LogP contribution >= 0.6 is 0 Å². The van der Waals surface area contributed by atoms with Gasteiger partial charge in [-0.3, -0.25) is 4.68 Å². The van der Waals surface area contributed by atoms with Crippen molar-refractivity contribution in [3.63, 3.8) is 0 Å². The number of benzene rings is 1. The number of aryl methyl sites for hydroxylation is 1. The molecule has 3 aromatic rings. The third kappa shape index (κ3) is 3.04. The van der Waals surface area contributed by atoms with Crippen LogP contribution in [0.15, 0.2) is 36.5 Å². The minimum Gasteiger partial charge on any atom is -0.351 e. The predicted molar refractivity (Wildman–Crippen MR) is 96.5 cm³/mol. The molecule has 2 heterocycles. The number of anilines is 3. The standard InChI is InChI=1S/C18H22N6/c1-24-17-15(12-19-24)16(20-13-8-4-2-5-9-13)22-18(23-17)21-14-10-6-3-7-11-14/h2,4-5,8-9,12,14H,3,6-7,10-11H2,1H3,(H2,20,21,22,23). The number of nitrogens with zero attached hydrogens (tertiary/aromatic N) is 4. The van der Waals surface area contributed by atoms with Crippen molar-refractivity contribution in [2.45, 2.75) is 38.1 Å². The van der Waals surface area contributed by atoms with E-state index in [1.807, 2.05) is 43.6 Å². The third-order valence-corrected chi connectivity index (χ3v) is 4.57. The van der Waals surface area contributed by atoms with Gasteiger partial charge in [0.1, 0.15) is 5.82 Å². The molecule has 1 saturated carbocycles. The number of rotatable bonds is 4. The van der Waals surface area contributed by atoms with Crippen LogP contribution < -0.4 is 10.6 Å². The van der Waals surface area contributed by atoms with Crippen molar-refractivity contribution in [3.8, 4) is 0 Å². The van der Waals surface area contributed by atoms with Gasteiger partial charge in [-0.25, -0.2) is 0 Å². The monoisotopic (exact) mass is 322 g/mol. The first-order chi connectivity index (χ1) is 11.8. The summed E-state index contributed by atoms with van der Waals surface area (Å²) in [4.78, 5) is 9.39. The first-order valence-corrected chi connectivity index (χ1v) is 8.58. The van der Waals surface area contributed by atoms with Gasteiger partial charge in [0.25, 0.3) is 0 Å². The molecule has 0 aliphatic heterocycles. The Hall–Kier alpha value is -2.63. The molecule has 2 N–H and O–H groups in total. The van der Waals surface area contributed by atoms with Gasteiger partial charge in [0.2, 0.25) is 5.95 Å². The summed E-state index contributed by atoms with van der Waals surface area (Å²) in [6.45, 7) is 0. The zero-order chi connectivity index (χ0) is 16.4. The Bertz CT molecular complexity index is 820. The van der Waals surface area contributed by atoms with E-state index in [9.17, 15) is 0 Å². The lowest BCUT2D eigenvalue weighted by molar-refractivity contribution is 0.461. The summed E-state index contributed by atoms with van der Waals surface area (Å²) in [5.41, 5.74) is 1.84. The summed E-state index contributed by atoms with van der Waals surface area (Å²) in [5, 5.41) is 12.2. The number of hydrogen-bond acceptors (Lipinski definition) is 5. The van der Waals surface area contributed by atoms with Gasteiger partial charge in [-0.1, -0.05) is 37.5 Å². The van der Waals surface area contributed by atoms with E-state index < -0.39 is 0 Å². The Morgan fingerprint density at radius 2 is 1.83 bits per heavy atom. The molecule has 124 valence electrons. The van der Waals surface area contributed by atoms with Gasteiger partial charge in [-0.2, -0.15) is 15.1 Å². The van der Waals surface area contributed by atoms with Gasteiger partial charge < -0.3 is 10.6 Å². The second-order valence-corrected chi connectivity index (χ2v) is 6.37. The summed E-state index contributed by atoms with van der Waals surface area (Å²) in [7, 11) is 1.91. The molecule has 6 heteroatoms. The number of fused-ring (bicyclic) bond motifs is 1. The zero-order valence-electron chi connectivity index (χ0n) is 13.9. The molecule has 24 heavy (non-hydrogen) atoms. The van der Waals surface area contributed by atoms with Crippen molar-refractivity contribution in [2.75, 3.05) is 10.6 Å². The topological polar surface area (TPSA) is 67.7 Å². The van der Waals surface area contributed by atoms with Gasteiger partial charge in [0.05, 0.1) is 11.6 Å². The van der Waals surface area contributed by atoms with Crippen LogP contribution in [0.1, 0.15) is 32.1 Å². The van der Waals surface area contributed by atoms with Crippen molar-refractivity contribution in [1.29, 1.82) is 0 Å². The molecule has 6 nitrogen and oxygen atoms in total.